The largest absolute Gasteiger partial charge is 0.548 e. The summed E-state index contributed by atoms with van der Waals surface area (Å²) < 4.78 is 17.4. The Labute approximate surface area is 142 Å². The molecule has 0 aromatic heterocycles. The molecule has 0 saturated carbocycles. The van der Waals surface area contributed by atoms with Crippen molar-refractivity contribution in [1.82, 2.24) is 0 Å². The Hall–Kier alpha value is -0.813. The number of hydrogen-bond donors (Lipinski definition) is 0. The Morgan fingerprint density at radius 2 is 1.83 bits per heavy atom. The van der Waals surface area contributed by atoms with Crippen LogP contribution >= 0.6 is 0 Å². The topological polar surface area (TPSA) is 44.8 Å². The molecule has 1 heterocycles. The molecule has 0 bridgehead atoms. The molecule has 0 N–H and O–H groups in total. The van der Waals surface area contributed by atoms with E-state index in [-0.39, 0.29) is 18.2 Å². The molecule has 134 valence electrons. The van der Waals surface area contributed by atoms with E-state index in [1.54, 1.807) is 0 Å². The maximum absolute atomic E-state index is 11.8. The molecule has 4 nitrogen and oxygen atoms in total. The smallest absolute Gasteiger partial charge is 0.311 e. The predicted molar refractivity (Wildman–Crippen MR) is 95.7 cm³/mol. The van der Waals surface area contributed by atoms with E-state index in [9.17, 15) is 4.79 Å². The third-order valence-electron chi connectivity index (χ3n) is 3.63. The lowest BCUT2D eigenvalue weighted by molar-refractivity contribution is -0.154. The van der Waals surface area contributed by atoms with E-state index in [1.807, 2.05) is 20.8 Å². The van der Waals surface area contributed by atoms with Crippen molar-refractivity contribution in [3.63, 3.8) is 0 Å². The molecule has 1 aliphatic heterocycles. The fraction of sp³-hybridized carbons (Fsp3) is 0.833. The molecule has 0 aliphatic carbocycles. The highest BCUT2D eigenvalue weighted by molar-refractivity contribution is 6.70. The van der Waals surface area contributed by atoms with Gasteiger partial charge in [0.1, 0.15) is 0 Å². The first kappa shape index (κ1) is 20.2. The van der Waals surface area contributed by atoms with Crippen molar-refractivity contribution in [2.24, 2.45) is 5.41 Å². The average Bonchev–Trinajstić information content (AvgIpc) is 2.35. The summed E-state index contributed by atoms with van der Waals surface area (Å²) in [4.78, 5) is 11.8. The van der Waals surface area contributed by atoms with Gasteiger partial charge in [0.05, 0.1) is 30.0 Å². The van der Waals surface area contributed by atoms with Crippen molar-refractivity contribution in [2.75, 3.05) is 6.61 Å². The van der Waals surface area contributed by atoms with Gasteiger partial charge in [-0.1, -0.05) is 6.58 Å². The summed E-state index contributed by atoms with van der Waals surface area (Å²) in [5.74, 6) is 0.691. The molecule has 0 amide bonds. The fourth-order valence-corrected chi connectivity index (χ4v) is 3.52. The minimum atomic E-state index is -1.59. The van der Waals surface area contributed by atoms with Crippen LogP contribution in [0.15, 0.2) is 12.3 Å². The van der Waals surface area contributed by atoms with Crippen molar-refractivity contribution in [3.8, 4) is 0 Å². The maximum atomic E-state index is 11.8. The van der Waals surface area contributed by atoms with Crippen molar-refractivity contribution in [3.05, 3.63) is 12.3 Å². The Bertz CT molecular complexity index is 406. The highest BCUT2D eigenvalue weighted by Crippen LogP contribution is 2.26. The van der Waals surface area contributed by atoms with Crippen molar-refractivity contribution >= 4 is 14.3 Å². The number of ether oxygens (including phenoxy) is 2. The first-order valence-electron chi connectivity index (χ1n) is 8.67. The Morgan fingerprint density at radius 1 is 1.22 bits per heavy atom. The van der Waals surface area contributed by atoms with Crippen LogP contribution in [-0.4, -0.2) is 33.1 Å². The lowest BCUT2D eigenvalue weighted by Crippen LogP contribution is -2.31. The molecule has 0 aromatic carbocycles. The van der Waals surface area contributed by atoms with Gasteiger partial charge < -0.3 is 13.9 Å². The van der Waals surface area contributed by atoms with Crippen LogP contribution in [0, 0.1) is 5.41 Å². The van der Waals surface area contributed by atoms with Crippen LogP contribution in [0.5, 0.6) is 0 Å². The van der Waals surface area contributed by atoms with Crippen molar-refractivity contribution in [1.29, 1.82) is 0 Å². The summed E-state index contributed by atoms with van der Waals surface area (Å²) in [6.45, 7) is 16.5. The first-order valence-corrected chi connectivity index (χ1v) is 12.1. The third-order valence-corrected chi connectivity index (χ3v) is 4.53. The second-order valence-corrected chi connectivity index (χ2v) is 12.9. The summed E-state index contributed by atoms with van der Waals surface area (Å²) >= 11 is 0. The minimum Gasteiger partial charge on any atom is -0.548 e. The zero-order chi connectivity index (χ0) is 17.7. The van der Waals surface area contributed by atoms with Crippen LogP contribution in [0.1, 0.15) is 52.9 Å². The third kappa shape index (κ3) is 8.56. The first-order chi connectivity index (χ1) is 10.5. The Balaban J connectivity index is 2.32. The molecule has 2 atom stereocenters. The molecule has 0 unspecified atom stereocenters. The Kier molecular flexibility index (Phi) is 7.33. The summed E-state index contributed by atoms with van der Waals surface area (Å²) in [6.07, 6.45) is 5.10. The van der Waals surface area contributed by atoms with E-state index in [4.69, 9.17) is 13.9 Å². The van der Waals surface area contributed by atoms with Crippen LogP contribution in [0.25, 0.3) is 0 Å². The summed E-state index contributed by atoms with van der Waals surface area (Å²) in [6, 6.07) is 0. The van der Waals surface area contributed by atoms with Crippen molar-refractivity contribution in [2.45, 2.75) is 84.7 Å². The molecule has 0 aromatic rings. The molecule has 1 saturated heterocycles. The molecule has 1 fully saturated rings. The quantitative estimate of drug-likeness (QED) is 0.383. The predicted octanol–water partition coefficient (Wildman–Crippen LogP) is 4.66. The van der Waals surface area contributed by atoms with Gasteiger partial charge in [-0.25, -0.2) is 0 Å². The standard InChI is InChI=1S/C18H34O4Si/c1-14(22-23(5,6)7)13-16-10-8-9-15(21-16)11-12-20-17(19)18(2,3)4/h15-16H,1,8-13H2,2-7H3/t15-,16+/m1/s1. The molecule has 1 rings (SSSR count). The van der Waals surface area contributed by atoms with Crippen LogP contribution in [0.3, 0.4) is 0 Å². The number of rotatable bonds is 7. The molecular weight excluding hydrogens is 308 g/mol. The molecule has 0 spiro atoms. The normalized spacial score (nSPS) is 22.5. The van der Waals surface area contributed by atoms with Gasteiger partial charge in [0.2, 0.25) is 8.32 Å². The Morgan fingerprint density at radius 3 is 2.39 bits per heavy atom. The molecule has 1 aliphatic rings. The maximum Gasteiger partial charge on any atom is 0.311 e. The number of carbonyl (C=O) groups is 1. The van der Waals surface area contributed by atoms with Crippen LogP contribution in [-0.2, 0) is 18.7 Å². The number of carbonyl (C=O) groups excluding carboxylic acids is 1. The lowest BCUT2D eigenvalue weighted by Gasteiger charge is -2.32. The number of esters is 1. The van der Waals surface area contributed by atoms with Gasteiger partial charge in [0, 0.05) is 12.8 Å². The van der Waals surface area contributed by atoms with E-state index in [0.717, 1.165) is 37.9 Å². The SMILES string of the molecule is C=C(C[C@@H]1CCC[C@H](CCOC(=O)C(C)(C)C)O1)O[Si](C)(C)C. The zero-order valence-electron chi connectivity index (χ0n) is 15.7. The highest BCUT2D eigenvalue weighted by atomic mass is 28.4. The van der Waals surface area contributed by atoms with E-state index in [1.165, 1.54) is 0 Å². The van der Waals surface area contributed by atoms with Gasteiger partial charge in [0.25, 0.3) is 0 Å². The highest BCUT2D eigenvalue weighted by Gasteiger charge is 2.26. The molecule has 23 heavy (non-hydrogen) atoms. The van der Waals surface area contributed by atoms with Gasteiger partial charge in [-0.05, 0) is 59.7 Å². The van der Waals surface area contributed by atoms with Gasteiger partial charge >= 0.3 is 5.97 Å². The average molecular weight is 343 g/mol. The van der Waals surface area contributed by atoms with Gasteiger partial charge in [-0.3, -0.25) is 4.79 Å². The minimum absolute atomic E-state index is 0.151. The van der Waals surface area contributed by atoms with Gasteiger partial charge in [-0.2, -0.15) is 0 Å². The van der Waals surface area contributed by atoms with E-state index in [2.05, 4.69) is 26.2 Å². The van der Waals surface area contributed by atoms with E-state index >= 15 is 0 Å². The summed E-state index contributed by atoms with van der Waals surface area (Å²) in [5, 5.41) is 0. The molecule has 5 heteroatoms. The van der Waals surface area contributed by atoms with Crippen LogP contribution in [0.4, 0.5) is 0 Å². The zero-order valence-corrected chi connectivity index (χ0v) is 16.7. The molecule has 0 radical (unpaired) electrons. The monoisotopic (exact) mass is 342 g/mol. The lowest BCUT2D eigenvalue weighted by atomic mass is 9.97. The summed E-state index contributed by atoms with van der Waals surface area (Å²) in [7, 11) is -1.59. The van der Waals surface area contributed by atoms with Crippen LogP contribution < -0.4 is 0 Å². The second kappa shape index (κ2) is 8.33. The molecular formula is C18H34O4Si. The summed E-state index contributed by atoms with van der Waals surface area (Å²) in [5.41, 5.74) is -0.443. The van der Waals surface area contributed by atoms with Gasteiger partial charge in [0.15, 0.2) is 0 Å². The van der Waals surface area contributed by atoms with E-state index in [0.29, 0.717) is 6.61 Å². The van der Waals surface area contributed by atoms with E-state index < -0.39 is 13.7 Å². The fourth-order valence-electron chi connectivity index (χ4n) is 2.57. The van der Waals surface area contributed by atoms with Crippen LogP contribution in [0.2, 0.25) is 19.6 Å². The number of hydrogen-bond acceptors (Lipinski definition) is 4. The van der Waals surface area contributed by atoms with Gasteiger partial charge in [-0.15, -0.1) is 0 Å². The van der Waals surface area contributed by atoms with Crippen molar-refractivity contribution < 1.29 is 18.7 Å². The second-order valence-electron chi connectivity index (χ2n) is 8.44.